The van der Waals surface area contributed by atoms with Crippen LogP contribution in [0.1, 0.15) is 10.4 Å². The first-order valence-corrected chi connectivity index (χ1v) is 4.19. The van der Waals surface area contributed by atoms with E-state index in [4.69, 9.17) is 11.6 Å². The molecule has 0 aliphatic carbocycles. The number of rotatable bonds is 1. The van der Waals surface area contributed by atoms with E-state index in [0.29, 0.717) is 11.8 Å². The van der Waals surface area contributed by atoms with Crippen LogP contribution in [0.3, 0.4) is 0 Å². The third-order valence-electron chi connectivity index (χ3n) is 1.83. The van der Waals surface area contributed by atoms with Crippen molar-refractivity contribution in [1.29, 1.82) is 0 Å². The smallest absolute Gasteiger partial charge is 0.153 e. The Morgan fingerprint density at radius 3 is 2.71 bits per heavy atom. The number of nitrogens with zero attached hydrogens (tertiary/aromatic N) is 1. The van der Waals surface area contributed by atoms with Gasteiger partial charge >= 0.3 is 0 Å². The molecule has 0 spiro atoms. The number of hydrogen-bond donors (Lipinski definition) is 0. The van der Waals surface area contributed by atoms with Gasteiger partial charge in [0.2, 0.25) is 0 Å². The Balaban J connectivity index is 0.000000980. The van der Waals surface area contributed by atoms with Gasteiger partial charge in [-0.15, -0.1) is 0 Å². The summed E-state index contributed by atoms with van der Waals surface area (Å²) < 4.78 is 0. The van der Waals surface area contributed by atoms with Crippen LogP contribution in [0.5, 0.6) is 0 Å². The lowest BCUT2D eigenvalue weighted by Gasteiger charge is -1.99. The molecule has 2 rings (SSSR count). The molecule has 0 radical (unpaired) electrons. The highest BCUT2D eigenvalue weighted by Gasteiger charge is 2.02. The molecule has 0 atom stereocenters. The minimum Gasteiger partial charge on any atom is -0.412 e. The summed E-state index contributed by atoms with van der Waals surface area (Å²) in [5.74, 6) is 0. The van der Waals surface area contributed by atoms with E-state index in [0.717, 1.165) is 10.9 Å². The molecule has 0 saturated carbocycles. The van der Waals surface area contributed by atoms with Crippen molar-refractivity contribution in [2.24, 2.45) is 0 Å². The zero-order valence-electron chi connectivity index (χ0n) is 7.20. The first-order chi connectivity index (χ1) is 6.31. The number of benzene rings is 1. The van der Waals surface area contributed by atoms with Crippen LogP contribution in [0.2, 0.25) is 5.15 Å². The minimum atomic E-state index is 0. The zero-order chi connectivity index (χ0) is 9.26. The van der Waals surface area contributed by atoms with Gasteiger partial charge in [-0.25, -0.2) is 4.98 Å². The van der Waals surface area contributed by atoms with Crippen molar-refractivity contribution < 1.29 is 10.3 Å². The molecule has 0 amide bonds. The summed E-state index contributed by atoms with van der Waals surface area (Å²) in [5.41, 5.74) is 1.23. The van der Waals surface area contributed by atoms with Gasteiger partial charge in [-0.3, -0.25) is 4.79 Å². The maximum Gasteiger partial charge on any atom is 0.153 e. The van der Waals surface area contributed by atoms with E-state index in [9.17, 15) is 4.79 Å². The van der Waals surface area contributed by atoms with Crippen molar-refractivity contribution in [2.45, 2.75) is 0 Å². The summed E-state index contributed by atoms with van der Waals surface area (Å²) in [7, 11) is 0. The Morgan fingerprint density at radius 2 is 2.00 bits per heavy atom. The molecule has 1 heterocycles. The lowest BCUT2D eigenvalue weighted by molar-refractivity contribution is 0.112. The van der Waals surface area contributed by atoms with E-state index in [-0.39, 0.29) is 10.6 Å². The second-order valence-electron chi connectivity index (χ2n) is 2.68. The number of halogens is 1. The lowest BCUT2D eigenvalue weighted by Crippen LogP contribution is -1.87. The molecule has 4 heteroatoms. The first-order valence-electron chi connectivity index (χ1n) is 3.82. The highest BCUT2D eigenvalue weighted by molar-refractivity contribution is 6.32. The molecule has 2 N–H and O–H groups in total. The maximum atomic E-state index is 10.5. The number of carbonyl (C=O) groups excluding carboxylic acids is 1. The summed E-state index contributed by atoms with van der Waals surface area (Å²) in [6.07, 6.45) is 0.710. The fourth-order valence-corrected chi connectivity index (χ4v) is 1.38. The number of carbonyl (C=O) groups is 1. The number of aromatic nitrogens is 1. The average molecular weight is 210 g/mol. The summed E-state index contributed by atoms with van der Waals surface area (Å²) in [6, 6.07) is 9.26. The summed E-state index contributed by atoms with van der Waals surface area (Å²) in [5, 5.41) is 1.18. The molecule has 0 aliphatic heterocycles. The van der Waals surface area contributed by atoms with E-state index in [1.54, 1.807) is 6.07 Å². The molecule has 14 heavy (non-hydrogen) atoms. The second-order valence-corrected chi connectivity index (χ2v) is 3.04. The largest absolute Gasteiger partial charge is 0.412 e. The van der Waals surface area contributed by atoms with Crippen molar-refractivity contribution in [3.05, 3.63) is 41.0 Å². The number of aldehydes is 1. The third kappa shape index (κ3) is 1.73. The van der Waals surface area contributed by atoms with E-state index in [2.05, 4.69) is 4.98 Å². The van der Waals surface area contributed by atoms with Crippen LogP contribution in [0.25, 0.3) is 10.9 Å². The van der Waals surface area contributed by atoms with Crippen LogP contribution in [-0.4, -0.2) is 16.7 Å². The second kappa shape index (κ2) is 4.17. The maximum absolute atomic E-state index is 10.5. The first kappa shape index (κ1) is 10.6. The average Bonchev–Trinajstić information content (AvgIpc) is 2.17. The lowest BCUT2D eigenvalue weighted by atomic mass is 10.2. The summed E-state index contributed by atoms with van der Waals surface area (Å²) in [6.45, 7) is 0. The monoisotopic (exact) mass is 209 g/mol. The summed E-state index contributed by atoms with van der Waals surface area (Å²) >= 11 is 5.76. The van der Waals surface area contributed by atoms with E-state index in [1.165, 1.54) is 0 Å². The van der Waals surface area contributed by atoms with Crippen LogP contribution in [0, 0.1) is 0 Å². The molecule has 0 unspecified atom stereocenters. The zero-order valence-corrected chi connectivity index (χ0v) is 7.95. The Kier molecular flexibility index (Phi) is 3.17. The third-order valence-corrected chi connectivity index (χ3v) is 2.13. The van der Waals surface area contributed by atoms with Crippen molar-refractivity contribution >= 4 is 28.8 Å². The Bertz CT molecular complexity index is 471. The minimum absolute atomic E-state index is 0. The molecule has 72 valence electrons. The molecule has 1 aromatic carbocycles. The molecule has 0 aliphatic rings. The van der Waals surface area contributed by atoms with Crippen molar-refractivity contribution in [3.63, 3.8) is 0 Å². The SMILES string of the molecule is O.O=Cc1cc2ccccc2nc1Cl. The van der Waals surface area contributed by atoms with E-state index in [1.807, 2.05) is 24.3 Å². The number of fused-ring (bicyclic) bond motifs is 1. The normalized spacial score (nSPS) is 9.50. The Labute approximate surface area is 85.6 Å². The van der Waals surface area contributed by atoms with Gasteiger partial charge in [0.05, 0.1) is 11.1 Å². The van der Waals surface area contributed by atoms with Crippen LogP contribution < -0.4 is 0 Å². The Hall–Kier alpha value is -1.45. The summed E-state index contributed by atoms with van der Waals surface area (Å²) in [4.78, 5) is 14.6. The van der Waals surface area contributed by atoms with Gasteiger partial charge in [0.25, 0.3) is 0 Å². The fraction of sp³-hybridized carbons (Fsp3) is 0. The van der Waals surface area contributed by atoms with Gasteiger partial charge < -0.3 is 5.48 Å². The molecule has 2 aromatic rings. The topological polar surface area (TPSA) is 61.5 Å². The highest BCUT2D eigenvalue weighted by atomic mass is 35.5. The van der Waals surface area contributed by atoms with Gasteiger partial charge in [-0.1, -0.05) is 29.8 Å². The van der Waals surface area contributed by atoms with Gasteiger partial charge in [0, 0.05) is 5.39 Å². The van der Waals surface area contributed by atoms with Gasteiger partial charge in [-0.2, -0.15) is 0 Å². The van der Waals surface area contributed by atoms with Gasteiger partial charge in [0.15, 0.2) is 6.29 Å². The van der Waals surface area contributed by atoms with Crippen LogP contribution >= 0.6 is 11.6 Å². The molecule has 0 bridgehead atoms. The predicted molar refractivity (Wildman–Crippen MR) is 55.8 cm³/mol. The molecule has 0 fully saturated rings. The fourth-order valence-electron chi connectivity index (χ4n) is 1.19. The van der Waals surface area contributed by atoms with Crippen molar-refractivity contribution in [1.82, 2.24) is 4.98 Å². The van der Waals surface area contributed by atoms with E-state index < -0.39 is 0 Å². The molecular weight excluding hydrogens is 202 g/mol. The van der Waals surface area contributed by atoms with Crippen molar-refractivity contribution in [2.75, 3.05) is 0 Å². The molecular formula is C10H8ClNO2. The van der Waals surface area contributed by atoms with Gasteiger partial charge in [-0.05, 0) is 12.1 Å². The Morgan fingerprint density at radius 1 is 1.29 bits per heavy atom. The van der Waals surface area contributed by atoms with Crippen LogP contribution in [0.15, 0.2) is 30.3 Å². The van der Waals surface area contributed by atoms with Crippen molar-refractivity contribution in [3.8, 4) is 0 Å². The predicted octanol–water partition coefficient (Wildman–Crippen LogP) is 1.88. The number of para-hydroxylation sites is 1. The van der Waals surface area contributed by atoms with Gasteiger partial charge in [0.1, 0.15) is 5.15 Å². The quantitative estimate of drug-likeness (QED) is 0.532. The highest BCUT2D eigenvalue weighted by Crippen LogP contribution is 2.18. The number of hydrogen-bond acceptors (Lipinski definition) is 2. The van der Waals surface area contributed by atoms with Crippen LogP contribution in [0.4, 0.5) is 0 Å². The molecule has 3 nitrogen and oxygen atoms in total. The molecule has 1 aromatic heterocycles. The molecule has 0 saturated heterocycles. The van der Waals surface area contributed by atoms with E-state index >= 15 is 0 Å². The van der Waals surface area contributed by atoms with Crippen LogP contribution in [-0.2, 0) is 0 Å². The number of pyridine rings is 1. The standard InChI is InChI=1S/C10H6ClNO.H2O/c11-10-8(6-13)5-7-3-1-2-4-9(7)12-10;/h1-6H;1H2.